The average molecular weight is 284 g/mol. The zero-order valence-corrected chi connectivity index (χ0v) is 12.6. The minimum absolute atomic E-state index is 0.0290. The average Bonchev–Trinajstić information content (AvgIpc) is 2.36. The highest BCUT2D eigenvalue weighted by atomic mass is 16.4. The van der Waals surface area contributed by atoms with Crippen molar-refractivity contribution >= 4 is 17.8 Å². The second-order valence-corrected chi connectivity index (χ2v) is 6.41. The van der Waals surface area contributed by atoms with Crippen LogP contribution >= 0.6 is 0 Å². The summed E-state index contributed by atoms with van der Waals surface area (Å²) in [6.45, 7) is 8.02. The lowest BCUT2D eigenvalue weighted by molar-refractivity contribution is -0.145. The number of carbonyl (C=O) groups excluding carboxylic acids is 2. The number of hydrogen-bond acceptors (Lipinski definition) is 3. The molecule has 114 valence electrons. The molecule has 0 bridgehead atoms. The van der Waals surface area contributed by atoms with E-state index in [1.807, 2.05) is 20.8 Å². The summed E-state index contributed by atoms with van der Waals surface area (Å²) in [6.07, 6.45) is 1.45. The lowest BCUT2D eigenvalue weighted by Crippen LogP contribution is -2.50. The Hall–Kier alpha value is -1.59. The summed E-state index contributed by atoms with van der Waals surface area (Å²) in [5, 5.41) is 11.3. The number of aliphatic carboxylic acids is 1. The number of carboxylic acids is 1. The summed E-state index contributed by atoms with van der Waals surface area (Å²) in [5.74, 6) is -1.64. The molecule has 20 heavy (non-hydrogen) atoms. The Labute approximate surface area is 119 Å². The largest absolute Gasteiger partial charge is 0.480 e. The van der Waals surface area contributed by atoms with E-state index < -0.39 is 17.4 Å². The Morgan fingerprint density at radius 3 is 2.40 bits per heavy atom. The van der Waals surface area contributed by atoms with Gasteiger partial charge in [0.15, 0.2) is 0 Å². The first kappa shape index (κ1) is 16.5. The van der Waals surface area contributed by atoms with Gasteiger partial charge in [-0.25, -0.2) is 0 Å². The van der Waals surface area contributed by atoms with Crippen molar-refractivity contribution < 1.29 is 19.5 Å². The Morgan fingerprint density at radius 2 is 1.90 bits per heavy atom. The normalized spacial score (nSPS) is 21.2. The first-order valence-electron chi connectivity index (χ1n) is 6.95. The Kier molecular flexibility index (Phi) is 5.14. The number of rotatable bonds is 3. The third-order valence-corrected chi connectivity index (χ3v) is 3.45. The lowest BCUT2D eigenvalue weighted by atomic mass is 9.91. The Morgan fingerprint density at radius 1 is 1.30 bits per heavy atom. The van der Waals surface area contributed by atoms with E-state index in [4.69, 9.17) is 5.11 Å². The van der Waals surface area contributed by atoms with Crippen molar-refractivity contribution in [2.24, 2.45) is 11.3 Å². The van der Waals surface area contributed by atoms with Crippen molar-refractivity contribution in [2.45, 2.75) is 46.6 Å². The SMILES string of the molecule is CC(NC(=O)C1CCCN(C(=O)C(C)(C)C)C1)C(=O)O. The van der Waals surface area contributed by atoms with Gasteiger partial charge in [-0.1, -0.05) is 20.8 Å². The number of nitrogens with zero attached hydrogens (tertiary/aromatic N) is 1. The van der Waals surface area contributed by atoms with Gasteiger partial charge in [-0.3, -0.25) is 14.4 Å². The molecule has 6 heteroatoms. The molecule has 0 saturated carbocycles. The molecule has 1 fully saturated rings. The van der Waals surface area contributed by atoms with Gasteiger partial charge < -0.3 is 15.3 Å². The van der Waals surface area contributed by atoms with Crippen LogP contribution in [0.3, 0.4) is 0 Å². The summed E-state index contributed by atoms with van der Waals surface area (Å²) < 4.78 is 0. The van der Waals surface area contributed by atoms with Gasteiger partial charge in [-0.05, 0) is 19.8 Å². The van der Waals surface area contributed by atoms with E-state index in [9.17, 15) is 14.4 Å². The second-order valence-electron chi connectivity index (χ2n) is 6.41. The van der Waals surface area contributed by atoms with Crippen LogP contribution in [0.15, 0.2) is 0 Å². The molecule has 6 nitrogen and oxygen atoms in total. The molecule has 0 spiro atoms. The van der Waals surface area contributed by atoms with Crippen LogP contribution in [0.5, 0.6) is 0 Å². The van der Waals surface area contributed by atoms with E-state index in [0.717, 1.165) is 6.42 Å². The lowest BCUT2D eigenvalue weighted by Gasteiger charge is -2.36. The van der Waals surface area contributed by atoms with E-state index in [2.05, 4.69) is 5.32 Å². The summed E-state index contributed by atoms with van der Waals surface area (Å²) >= 11 is 0. The van der Waals surface area contributed by atoms with Crippen molar-refractivity contribution in [3.8, 4) is 0 Å². The van der Waals surface area contributed by atoms with Crippen LogP contribution in [0, 0.1) is 11.3 Å². The molecule has 1 rings (SSSR count). The quantitative estimate of drug-likeness (QED) is 0.804. The maximum atomic E-state index is 12.2. The van der Waals surface area contributed by atoms with Crippen LogP contribution in [-0.2, 0) is 14.4 Å². The van der Waals surface area contributed by atoms with Crippen LogP contribution in [-0.4, -0.2) is 46.9 Å². The standard InChI is InChI=1S/C14H24N2O4/c1-9(12(18)19)15-11(17)10-6-5-7-16(8-10)13(20)14(2,3)4/h9-10H,5-8H2,1-4H3,(H,15,17)(H,18,19). The van der Waals surface area contributed by atoms with Gasteiger partial charge in [-0.15, -0.1) is 0 Å². The fourth-order valence-corrected chi connectivity index (χ4v) is 2.24. The summed E-state index contributed by atoms with van der Waals surface area (Å²) in [6, 6.07) is -0.906. The highest BCUT2D eigenvalue weighted by Crippen LogP contribution is 2.23. The molecule has 2 unspecified atom stereocenters. The smallest absolute Gasteiger partial charge is 0.325 e. The molecule has 2 amide bonds. The van der Waals surface area contributed by atoms with Gasteiger partial charge in [0.1, 0.15) is 6.04 Å². The van der Waals surface area contributed by atoms with Crippen LogP contribution in [0.1, 0.15) is 40.5 Å². The first-order chi connectivity index (χ1) is 9.12. The predicted molar refractivity (Wildman–Crippen MR) is 74.0 cm³/mol. The maximum Gasteiger partial charge on any atom is 0.325 e. The molecule has 0 radical (unpaired) electrons. The third-order valence-electron chi connectivity index (χ3n) is 3.45. The molecule has 0 aromatic rings. The number of carbonyl (C=O) groups is 3. The minimum Gasteiger partial charge on any atom is -0.480 e. The van der Waals surface area contributed by atoms with Gasteiger partial charge in [0, 0.05) is 18.5 Å². The van der Waals surface area contributed by atoms with Gasteiger partial charge in [0.05, 0.1) is 5.92 Å². The monoisotopic (exact) mass is 284 g/mol. The Bertz CT molecular complexity index is 400. The number of carboxylic acid groups (broad SMARTS) is 1. The zero-order valence-electron chi connectivity index (χ0n) is 12.6. The van der Waals surface area contributed by atoms with Gasteiger partial charge in [0.25, 0.3) is 0 Å². The molecule has 2 N–H and O–H groups in total. The number of hydrogen-bond donors (Lipinski definition) is 2. The van der Waals surface area contributed by atoms with Crippen molar-refractivity contribution in [2.75, 3.05) is 13.1 Å². The molecular formula is C14H24N2O4. The van der Waals surface area contributed by atoms with Crippen LogP contribution in [0.4, 0.5) is 0 Å². The number of likely N-dealkylation sites (tertiary alicyclic amines) is 1. The van der Waals surface area contributed by atoms with Gasteiger partial charge in [-0.2, -0.15) is 0 Å². The molecule has 2 atom stereocenters. The zero-order chi connectivity index (χ0) is 15.5. The van der Waals surface area contributed by atoms with Crippen molar-refractivity contribution in [3.05, 3.63) is 0 Å². The molecule has 1 heterocycles. The molecule has 0 aromatic heterocycles. The second kappa shape index (κ2) is 6.24. The number of piperidine rings is 1. The number of amides is 2. The van der Waals surface area contributed by atoms with E-state index in [1.54, 1.807) is 4.90 Å². The molecule has 1 aliphatic rings. The van der Waals surface area contributed by atoms with Gasteiger partial charge in [0.2, 0.25) is 11.8 Å². The fraction of sp³-hybridized carbons (Fsp3) is 0.786. The van der Waals surface area contributed by atoms with Crippen molar-refractivity contribution in [1.82, 2.24) is 10.2 Å². The van der Waals surface area contributed by atoms with Crippen LogP contribution in [0.2, 0.25) is 0 Å². The van der Waals surface area contributed by atoms with Crippen molar-refractivity contribution in [3.63, 3.8) is 0 Å². The van der Waals surface area contributed by atoms with Crippen LogP contribution < -0.4 is 5.32 Å². The minimum atomic E-state index is -1.06. The van der Waals surface area contributed by atoms with E-state index in [0.29, 0.717) is 19.5 Å². The predicted octanol–water partition coefficient (Wildman–Crippen LogP) is 0.860. The molecule has 1 aliphatic heterocycles. The fourth-order valence-electron chi connectivity index (χ4n) is 2.24. The first-order valence-corrected chi connectivity index (χ1v) is 6.95. The van der Waals surface area contributed by atoms with E-state index >= 15 is 0 Å². The molecule has 0 aromatic carbocycles. The summed E-state index contributed by atoms with van der Waals surface area (Å²) in [7, 11) is 0. The maximum absolute atomic E-state index is 12.2. The summed E-state index contributed by atoms with van der Waals surface area (Å²) in [4.78, 5) is 36.7. The molecular weight excluding hydrogens is 260 g/mol. The summed E-state index contributed by atoms with van der Waals surface area (Å²) in [5.41, 5.74) is -0.466. The highest BCUT2D eigenvalue weighted by Gasteiger charge is 2.33. The van der Waals surface area contributed by atoms with E-state index in [1.165, 1.54) is 6.92 Å². The molecule has 0 aliphatic carbocycles. The van der Waals surface area contributed by atoms with Crippen molar-refractivity contribution in [1.29, 1.82) is 0 Å². The molecule has 1 saturated heterocycles. The van der Waals surface area contributed by atoms with Crippen LogP contribution in [0.25, 0.3) is 0 Å². The topological polar surface area (TPSA) is 86.7 Å². The highest BCUT2D eigenvalue weighted by molar-refractivity contribution is 5.86. The van der Waals surface area contributed by atoms with E-state index in [-0.39, 0.29) is 17.7 Å². The van der Waals surface area contributed by atoms with Gasteiger partial charge >= 0.3 is 5.97 Å². The number of nitrogens with one attached hydrogen (secondary N) is 1. The Balaban J connectivity index is 2.63. The third kappa shape index (κ3) is 4.21.